The molecule has 0 bridgehead atoms. The maximum Gasteiger partial charge on any atom is 0.223 e. The Kier molecular flexibility index (Phi) is 3.01. The van der Waals surface area contributed by atoms with Crippen LogP contribution in [0.3, 0.4) is 0 Å². The van der Waals surface area contributed by atoms with E-state index in [-0.39, 0.29) is 11.8 Å². The van der Waals surface area contributed by atoms with Gasteiger partial charge in [0.15, 0.2) is 0 Å². The predicted molar refractivity (Wildman–Crippen MR) is 58.3 cm³/mol. The summed E-state index contributed by atoms with van der Waals surface area (Å²) in [6.45, 7) is 2.62. The average Bonchev–Trinajstić information content (AvgIpc) is 2.97. The van der Waals surface area contributed by atoms with Gasteiger partial charge in [0.1, 0.15) is 0 Å². The Morgan fingerprint density at radius 1 is 1.47 bits per heavy atom. The molecule has 2 rings (SSSR count). The van der Waals surface area contributed by atoms with Crippen LogP contribution in [0.15, 0.2) is 0 Å². The molecule has 3 heteroatoms. The summed E-state index contributed by atoms with van der Waals surface area (Å²) in [4.78, 5) is 11.4. The molecule has 86 valence electrons. The van der Waals surface area contributed by atoms with E-state index in [1.807, 2.05) is 0 Å². The molecule has 1 amide bonds. The predicted octanol–water partition coefficient (Wildman–Crippen LogP) is 1.45. The topological polar surface area (TPSA) is 49.3 Å². The second-order valence-corrected chi connectivity index (χ2v) is 5.42. The van der Waals surface area contributed by atoms with Crippen molar-refractivity contribution in [2.45, 2.75) is 51.0 Å². The molecule has 15 heavy (non-hydrogen) atoms. The van der Waals surface area contributed by atoms with E-state index in [4.69, 9.17) is 0 Å². The van der Waals surface area contributed by atoms with Crippen molar-refractivity contribution in [3.05, 3.63) is 0 Å². The summed E-state index contributed by atoms with van der Waals surface area (Å²) >= 11 is 0. The van der Waals surface area contributed by atoms with Gasteiger partial charge in [0, 0.05) is 12.5 Å². The molecule has 2 fully saturated rings. The lowest BCUT2D eigenvalue weighted by molar-refractivity contribution is -0.124. The summed E-state index contributed by atoms with van der Waals surface area (Å²) < 4.78 is 0. The molecule has 2 N–H and O–H groups in total. The first kappa shape index (κ1) is 10.9. The van der Waals surface area contributed by atoms with E-state index in [2.05, 4.69) is 12.2 Å². The van der Waals surface area contributed by atoms with Crippen molar-refractivity contribution in [2.75, 3.05) is 6.54 Å². The van der Waals surface area contributed by atoms with Gasteiger partial charge in [-0.2, -0.15) is 0 Å². The molecule has 2 aliphatic rings. The molecule has 2 atom stereocenters. The minimum absolute atomic E-state index is 0.140. The fraction of sp³-hybridized carbons (Fsp3) is 0.917. The minimum atomic E-state index is -0.637. The first-order valence-corrected chi connectivity index (χ1v) is 6.09. The molecule has 0 aromatic heterocycles. The maximum absolute atomic E-state index is 11.4. The number of hydrogen-bond donors (Lipinski definition) is 2. The highest BCUT2D eigenvalue weighted by atomic mass is 16.3. The fourth-order valence-corrected chi connectivity index (χ4v) is 2.53. The molecular formula is C12H21NO2. The lowest BCUT2D eigenvalue weighted by Crippen LogP contribution is -2.46. The number of amides is 1. The van der Waals surface area contributed by atoms with Crippen LogP contribution in [-0.2, 0) is 4.79 Å². The fourth-order valence-electron chi connectivity index (χ4n) is 2.53. The Hall–Kier alpha value is -0.570. The zero-order chi connectivity index (χ0) is 10.9. The van der Waals surface area contributed by atoms with E-state index in [0.717, 1.165) is 32.1 Å². The minimum Gasteiger partial charge on any atom is -0.388 e. The normalized spacial score (nSPS) is 36.3. The van der Waals surface area contributed by atoms with Gasteiger partial charge in [-0.1, -0.05) is 19.8 Å². The number of rotatable bonds is 3. The zero-order valence-corrected chi connectivity index (χ0v) is 9.46. The van der Waals surface area contributed by atoms with Crippen LogP contribution < -0.4 is 5.32 Å². The van der Waals surface area contributed by atoms with Crippen LogP contribution in [0.5, 0.6) is 0 Å². The summed E-state index contributed by atoms with van der Waals surface area (Å²) in [6.07, 6.45) is 6.01. The number of aliphatic hydroxyl groups is 1. The van der Waals surface area contributed by atoms with Crippen molar-refractivity contribution in [1.29, 1.82) is 0 Å². The van der Waals surface area contributed by atoms with Crippen molar-refractivity contribution < 1.29 is 9.90 Å². The summed E-state index contributed by atoms with van der Waals surface area (Å²) in [5.74, 6) is 0.970. The van der Waals surface area contributed by atoms with Gasteiger partial charge >= 0.3 is 0 Å². The van der Waals surface area contributed by atoms with Gasteiger partial charge in [0.25, 0.3) is 0 Å². The number of hydrogen-bond acceptors (Lipinski definition) is 2. The third-order valence-electron chi connectivity index (χ3n) is 3.61. The Labute approximate surface area is 91.2 Å². The van der Waals surface area contributed by atoms with Crippen LogP contribution in [0.2, 0.25) is 0 Å². The molecule has 0 heterocycles. The molecule has 0 aliphatic heterocycles. The molecule has 3 nitrogen and oxygen atoms in total. The van der Waals surface area contributed by atoms with Crippen LogP contribution in [-0.4, -0.2) is 23.2 Å². The first-order chi connectivity index (χ1) is 7.09. The quantitative estimate of drug-likeness (QED) is 0.742. The largest absolute Gasteiger partial charge is 0.388 e. The van der Waals surface area contributed by atoms with Crippen LogP contribution in [0.25, 0.3) is 0 Å². The van der Waals surface area contributed by atoms with E-state index in [1.165, 1.54) is 6.42 Å². The van der Waals surface area contributed by atoms with Gasteiger partial charge in [0.05, 0.1) is 5.60 Å². The summed E-state index contributed by atoms with van der Waals surface area (Å²) in [5, 5.41) is 13.2. The molecule has 0 radical (unpaired) electrons. The highest BCUT2D eigenvalue weighted by Gasteiger charge is 2.35. The number of nitrogens with one attached hydrogen (secondary N) is 1. The van der Waals surface area contributed by atoms with Crippen molar-refractivity contribution in [3.63, 3.8) is 0 Å². The van der Waals surface area contributed by atoms with Gasteiger partial charge in [-0.05, 0) is 31.6 Å². The Morgan fingerprint density at radius 3 is 2.80 bits per heavy atom. The van der Waals surface area contributed by atoms with E-state index < -0.39 is 5.60 Å². The molecule has 0 saturated heterocycles. The first-order valence-electron chi connectivity index (χ1n) is 6.09. The third kappa shape index (κ3) is 2.94. The lowest BCUT2D eigenvalue weighted by atomic mass is 9.79. The zero-order valence-electron chi connectivity index (χ0n) is 9.46. The summed E-state index contributed by atoms with van der Waals surface area (Å²) in [7, 11) is 0. The highest BCUT2D eigenvalue weighted by Crippen LogP contribution is 2.32. The SMILES string of the molecule is CC1CCCC(O)(CNC(=O)C2CC2)C1. The third-order valence-corrected chi connectivity index (χ3v) is 3.61. The van der Waals surface area contributed by atoms with E-state index in [9.17, 15) is 9.90 Å². The molecule has 0 aromatic carbocycles. The summed E-state index contributed by atoms with van der Waals surface area (Å²) in [5.41, 5.74) is -0.637. The Bertz CT molecular complexity index is 250. The van der Waals surface area contributed by atoms with E-state index in [1.54, 1.807) is 0 Å². The van der Waals surface area contributed by atoms with Crippen LogP contribution in [0.1, 0.15) is 45.4 Å². The summed E-state index contributed by atoms with van der Waals surface area (Å²) in [6, 6.07) is 0. The van der Waals surface area contributed by atoms with Crippen LogP contribution in [0, 0.1) is 11.8 Å². The second kappa shape index (κ2) is 4.12. The Morgan fingerprint density at radius 2 is 2.20 bits per heavy atom. The highest BCUT2D eigenvalue weighted by molar-refractivity contribution is 5.80. The molecular weight excluding hydrogens is 190 g/mol. The second-order valence-electron chi connectivity index (χ2n) is 5.42. The van der Waals surface area contributed by atoms with Crippen molar-refractivity contribution in [2.24, 2.45) is 11.8 Å². The smallest absolute Gasteiger partial charge is 0.223 e. The molecule has 0 aromatic rings. The molecule has 2 unspecified atom stereocenters. The number of carbonyl (C=O) groups excluding carboxylic acids is 1. The average molecular weight is 211 g/mol. The standard InChI is InChI=1S/C12H21NO2/c1-9-3-2-6-12(15,7-9)8-13-11(14)10-4-5-10/h9-10,15H,2-8H2,1H3,(H,13,14). The van der Waals surface area contributed by atoms with Crippen molar-refractivity contribution in [1.82, 2.24) is 5.32 Å². The molecule has 2 aliphatic carbocycles. The van der Waals surface area contributed by atoms with E-state index in [0.29, 0.717) is 12.5 Å². The van der Waals surface area contributed by atoms with Gasteiger partial charge in [-0.3, -0.25) is 4.79 Å². The van der Waals surface area contributed by atoms with E-state index >= 15 is 0 Å². The van der Waals surface area contributed by atoms with Gasteiger partial charge < -0.3 is 10.4 Å². The van der Waals surface area contributed by atoms with Crippen LogP contribution in [0.4, 0.5) is 0 Å². The van der Waals surface area contributed by atoms with Crippen molar-refractivity contribution in [3.8, 4) is 0 Å². The maximum atomic E-state index is 11.4. The lowest BCUT2D eigenvalue weighted by Gasteiger charge is -2.35. The van der Waals surface area contributed by atoms with Gasteiger partial charge in [-0.15, -0.1) is 0 Å². The number of carbonyl (C=O) groups is 1. The Balaban J connectivity index is 1.78. The molecule has 2 saturated carbocycles. The monoisotopic (exact) mass is 211 g/mol. The van der Waals surface area contributed by atoms with Gasteiger partial charge in [0.2, 0.25) is 5.91 Å². The molecule has 0 spiro atoms. The van der Waals surface area contributed by atoms with Gasteiger partial charge in [-0.25, -0.2) is 0 Å². The van der Waals surface area contributed by atoms with Crippen molar-refractivity contribution >= 4 is 5.91 Å². The van der Waals surface area contributed by atoms with Crippen LogP contribution >= 0.6 is 0 Å².